The van der Waals surface area contributed by atoms with Crippen LogP contribution < -0.4 is 5.32 Å². The summed E-state index contributed by atoms with van der Waals surface area (Å²) in [6.45, 7) is 6.94. The van der Waals surface area contributed by atoms with E-state index in [4.69, 9.17) is 5.26 Å². The van der Waals surface area contributed by atoms with Crippen molar-refractivity contribution in [1.29, 1.82) is 5.26 Å². The van der Waals surface area contributed by atoms with Gasteiger partial charge < -0.3 is 9.88 Å². The summed E-state index contributed by atoms with van der Waals surface area (Å²) < 4.78 is 2.04. The van der Waals surface area contributed by atoms with Crippen molar-refractivity contribution in [2.45, 2.75) is 32.5 Å². The number of thioether (sulfide) groups is 1. The molecule has 0 bridgehead atoms. The third-order valence-electron chi connectivity index (χ3n) is 4.96. The molecule has 32 heavy (non-hydrogen) atoms. The summed E-state index contributed by atoms with van der Waals surface area (Å²) in [6.07, 6.45) is 0. The second-order valence-corrected chi connectivity index (χ2v) is 10.1. The van der Waals surface area contributed by atoms with Gasteiger partial charge in [-0.3, -0.25) is 4.79 Å². The Labute approximate surface area is 198 Å². The van der Waals surface area contributed by atoms with Crippen LogP contribution >= 0.6 is 34.4 Å². The highest BCUT2D eigenvalue weighted by molar-refractivity contribution is 7.99. The lowest BCUT2D eigenvalue weighted by molar-refractivity contribution is -0.113. The number of aryl methyl sites for hydroxylation is 2. The highest BCUT2D eigenvalue weighted by atomic mass is 32.2. The first-order valence-corrected chi connectivity index (χ1v) is 12.7. The van der Waals surface area contributed by atoms with Crippen LogP contribution in [0.4, 0.5) is 5.00 Å². The second-order valence-electron chi connectivity index (χ2n) is 7.11. The van der Waals surface area contributed by atoms with Gasteiger partial charge in [-0.05, 0) is 37.8 Å². The normalized spacial score (nSPS) is 10.8. The molecule has 0 radical (unpaired) electrons. The van der Waals surface area contributed by atoms with Gasteiger partial charge in [-0.25, -0.2) is 0 Å². The van der Waals surface area contributed by atoms with Gasteiger partial charge in [0, 0.05) is 27.9 Å². The first-order chi connectivity index (χ1) is 15.5. The topological polar surface area (TPSA) is 83.6 Å². The number of anilines is 1. The maximum atomic E-state index is 12.4. The molecule has 0 aliphatic rings. The zero-order chi connectivity index (χ0) is 22.7. The number of carbonyl (C=O) groups excluding carboxylic acids is 1. The van der Waals surface area contributed by atoms with Crippen molar-refractivity contribution in [2.75, 3.05) is 11.1 Å². The number of hydrogen-bond acceptors (Lipinski definition) is 7. The van der Waals surface area contributed by atoms with Crippen LogP contribution in [0.15, 0.2) is 46.2 Å². The smallest absolute Gasteiger partial charge is 0.235 e. The molecule has 6 nitrogen and oxygen atoms in total. The highest BCUT2D eigenvalue weighted by Crippen LogP contribution is 2.39. The molecule has 4 aromatic rings. The van der Waals surface area contributed by atoms with Gasteiger partial charge in [0.2, 0.25) is 5.91 Å². The SMILES string of the molecule is CCn1c(SCC(=O)Nc2sccc2C#N)nnc1-c1csc(C)c1-c1ccc(C)cc1. The van der Waals surface area contributed by atoms with E-state index in [-0.39, 0.29) is 11.7 Å². The molecule has 0 spiro atoms. The number of hydrogen-bond donors (Lipinski definition) is 1. The molecule has 162 valence electrons. The van der Waals surface area contributed by atoms with Gasteiger partial charge in [0.15, 0.2) is 11.0 Å². The predicted molar refractivity (Wildman–Crippen MR) is 132 cm³/mol. The summed E-state index contributed by atoms with van der Waals surface area (Å²) in [5.74, 6) is 0.821. The van der Waals surface area contributed by atoms with Crippen LogP contribution in [0.5, 0.6) is 0 Å². The number of amides is 1. The maximum absolute atomic E-state index is 12.4. The molecule has 1 N–H and O–H groups in total. The number of nitriles is 1. The average Bonchev–Trinajstić information content (AvgIpc) is 3.50. The molecule has 0 unspecified atom stereocenters. The summed E-state index contributed by atoms with van der Waals surface area (Å²) in [7, 11) is 0. The molecular weight excluding hydrogens is 458 g/mol. The zero-order valence-corrected chi connectivity index (χ0v) is 20.3. The van der Waals surface area contributed by atoms with Crippen molar-refractivity contribution in [1.82, 2.24) is 14.8 Å². The van der Waals surface area contributed by atoms with Crippen LogP contribution in [0.1, 0.15) is 22.9 Å². The van der Waals surface area contributed by atoms with Gasteiger partial charge in [-0.1, -0.05) is 41.6 Å². The summed E-state index contributed by atoms with van der Waals surface area (Å²) >= 11 is 4.38. The first-order valence-electron chi connectivity index (χ1n) is 10.0. The fourth-order valence-electron chi connectivity index (χ4n) is 3.37. The summed E-state index contributed by atoms with van der Waals surface area (Å²) in [6, 6.07) is 12.3. The van der Waals surface area contributed by atoms with E-state index >= 15 is 0 Å². The Kier molecular flexibility index (Phi) is 6.74. The molecule has 0 saturated heterocycles. The van der Waals surface area contributed by atoms with Crippen molar-refractivity contribution < 1.29 is 4.79 Å². The molecule has 1 aromatic carbocycles. The van der Waals surface area contributed by atoms with Gasteiger partial charge in [0.05, 0.1) is 11.3 Å². The van der Waals surface area contributed by atoms with E-state index in [9.17, 15) is 4.79 Å². The molecule has 0 atom stereocenters. The summed E-state index contributed by atoms with van der Waals surface area (Å²) in [5.41, 5.74) is 5.09. The van der Waals surface area contributed by atoms with Crippen LogP contribution in [-0.4, -0.2) is 26.4 Å². The minimum atomic E-state index is -0.173. The molecule has 0 saturated carbocycles. The third kappa shape index (κ3) is 4.48. The molecule has 4 rings (SSSR count). The van der Waals surface area contributed by atoms with Crippen LogP contribution in [-0.2, 0) is 11.3 Å². The van der Waals surface area contributed by atoms with Crippen molar-refractivity contribution in [2.24, 2.45) is 0 Å². The predicted octanol–water partition coefficient (Wildman–Crippen LogP) is 5.97. The largest absolute Gasteiger partial charge is 0.316 e. The molecule has 9 heteroatoms. The van der Waals surface area contributed by atoms with E-state index < -0.39 is 0 Å². The Hall–Kier alpha value is -2.93. The minimum absolute atomic E-state index is 0.173. The van der Waals surface area contributed by atoms with Gasteiger partial charge >= 0.3 is 0 Å². The van der Waals surface area contributed by atoms with Crippen LogP contribution in [0.25, 0.3) is 22.5 Å². The Bertz CT molecular complexity index is 1290. The van der Waals surface area contributed by atoms with Crippen molar-refractivity contribution >= 4 is 45.3 Å². The lowest BCUT2D eigenvalue weighted by Crippen LogP contribution is -2.14. The Morgan fingerprint density at radius 3 is 2.69 bits per heavy atom. The quantitative estimate of drug-likeness (QED) is 0.330. The average molecular weight is 480 g/mol. The van der Waals surface area contributed by atoms with Gasteiger partial charge in [0.25, 0.3) is 0 Å². The van der Waals surface area contributed by atoms with Crippen molar-refractivity contribution in [3.63, 3.8) is 0 Å². The van der Waals surface area contributed by atoms with Crippen LogP contribution in [0.2, 0.25) is 0 Å². The minimum Gasteiger partial charge on any atom is -0.316 e. The summed E-state index contributed by atoms with van der Waals surface area (Å²) in [4.78, 5) is 13.6. The standard InChI is InChI=1S/C23H21N5OS3/c1-4-28-21(18-12-31-15(3)20(18)16-7-5-14(2)6-8-16)26-27-23(28)32-13-19(29)25-22-17(11-24)9-10-30-22/h5-10,12H,4,13H2,1-3H3,(H,25,29). The maximum Gasteiger partial charge on any atom is 0.235 e. The molecule has 1 amide bonds. The fraction of sp³-hybridized carbons (Fsp3) is 0.217. The van der Waals surface area contributed by atoms with Crippen LogP contribution in [0, 0.1) is 25.2 Å². The lowest BCUT2D eigenvalue weighted by atomic mass is 10.0. The first kappa shape index (κ1) is 22.3. The fourth-order valence-corrected chi connectivity index (χ4v) is 5.78. The van der Waals surface area contributed by atoms with E-state index in [0.29, 0.717) is 22.3 Å². The second kappa shape index (κ2) is 9.69. The van der Waals surface area contributed by atoms with E-state index in [1.807, 2.05) is 11.5 Å². The molecule has 3 heterocycles. The van der Waals surface area contributed by atoms with Gasteiger partial charge in [-0.2, -0.15) is 5.26 Å². The Balaban J connectivity index is 1.56. The van der Waals surface area contributed by atoms with Gasteiger partial charge in [-0.15, -0.1) is 32.9 Å². The molecule has 0 aliphatic heterocycles. The number of nitrogens with one attached hydrogen (secondary N) is 1. The Morgan fingerprint density at radius 1 is 1.19 bits per heavy atom. The van der Waals surface area contributed by atoms with Gasteiger partial charge in [0.1, 0.15) is 11.1 Å². The van der Waals surface area contributed by atoms with E-state index in [1.54, 1.807) is 22.8 Å². The molecular formula is C23H21N5OS3. The molecule has 0 aliphatic carbocycles. The number of thiophene rings is 2. The molecule has 3 aromatic heterocycles. The summed E-state index contributed by atoms with van der Waals surface area (Å²) in [5, 5.41) is 26.0. The number of rotatable bonds is 7. The highest BCUT2D eigenvalue weighted by Gasteiger charge is 2.20. The lowest BCUT2D eigenvalue weighted by Gasteiger charge is -2.10. The van der Waals surface area contributed by atoms with E-state index in [1.165, 1.54) is 39.1 Å². The number of nitrogens with zero attached hydrogens (tertiary/aromatic N) is 4. The van der Waals surface area contributed by atoms with E-state index in [0.717, 1.165) is 17.0 Å². The number of aromatic nitrogens is 3. The Morgan fingerprint density at radius 2 is 1.97 bits per heavy atom. The molecule has 0 fully saturated rings. The number of benzene rings is 1. The number of carbonyl (C=O) groups is 1. The van der Waals surface area contributed by atoms with Crippen molar-refractivity contribution in [3.05, 3.63) is 57.1 Å². The third-order valence-corrected chi connectivity index (χ3v) is 7.67. The van der Waals surface area contributed by atoms with Crippen molar-refractivity contribution in [3.8, 4) is 28.6 Å². The monoisotopic (exact) mass is 479 g/mol. The zero-order valence-electron chi connectivity index (χ0n) is 17.9. The van der Waals surface area contributed by atoms with E-state index in [2.05, 4.69) is 65.1 Å². The van der Waals surface area contributed by atoms with Crippen LogP contribution in [0.3, 0.4) is 0 Å².